The van der Waals surface area contributed by atoms with E-state index in [9.17, 15) is 48.3 Å². The van der Waals surface area contributed by atoms with Gasteiger partial charge in [0.1, 0.15) is 42.3 Å². The van der Waals surface area contributed by atoms with E-state index in [1.54, 1.807) is 55.5 Å². The number of likely N-dealkylation sites (N-methyl/N-ethyl adjacent to an activating group) is 1. The third-order valence-corrected chi connectivity index (χ3v) is 14.1. The van der Waals surface area contributed by atoms with E-state index in [2.05, 4.69) is 47.2 Å². The molecule has 9 atom stereocenters. The number of nitrogens with one attached hydrogen (secondary N) is 8. The molecule has 426 valence electrons. The number of aliphatic hydroxyl groups is 1. The first kappa shape index (κ1) is 61.3. The number of hydrogen-bond acceptors (Lipinski definition) is 12. The number of benzene rings is 2. The summed E-state index contributed by atoms with van der Waals surface area (Å²) in [7, 11) is 3.49. The van der Waals surface area contributed by atoms with E-state index in [1.807, 2.05) is 38.1 Å². The summed E-state index contributed by atoms with van der Waals surface area (Å²) < 4.78 is 0. The lowest BCUT2D eigenvalue weighted by Crippen LogP contribution is -2.60. The highest BCUT2D eigenvalue weighted by Gasteiger charge is 2.43. The number of carbonyl (C=O) groups is 9. The van der Waals surface area contributed by atoms with Crippen molar-refractivity contribution in [3.8, 4) is 0 Å². The van der Waals surface area contributed by atoms with Gasteiger partial charge in [0.2, 0.25) is 53.2 Å². The molecule has 2 aromatic carbocycles. The largest absolute Gasteiger partial charge is 0.391 e. The molecular weight excluding hydrogens is 1000 g/mol. The van der Waals surface area contributed by atoms with Crippen LogP contribution in [-0.4, -0.2) is 167 Å². The van der Waals surface area contributed by atoms with E-state index in [1.165, 1.54) is 0 Å². The number of carbonyl (C=O) groups excluding carboxylic acids is 9. The standard InChI is InChI=1S/C54H80N14O10/c1-5-7-19-38(63-51(76)43(6-2)67(3)4)47(72)64-40-23-24-45(70)58-25-14-13-21-37(46(55)71)61-50(75)42(28-33-30-60-36-20-12-11-18-35(33)36)65-48(73)39(22-15-26-59-54(56)57)62-49(74)41(27-32-16-9-8-10-17-32)66-52(77)44-29-34(69)31-68(44)53(40)78/h8-12,16-18,20,30,34,37-44,60,69H,5-7,13-15,19,21-29,31H2,1-4H3,(H2,55,71)(H,58,70)(H,61,75)(H,62,74)(H,63,76)(H,64,72)(H,65,73)(H,66,77)(H4,56,57,59)/t34-,37+,38+,39+,40+,41-,42+,43+,44+/m1/s1. The second kappa shape index (κ2) is 30.4. The highest BCUT2D eigenvalue weighted by Crippen LogP contribution is 2.23. The van der Waals surface area contributed by atoms with Gasteiger partial charge in [-0.3, -0.25) is 53.0 Å². The fourth-order valence-electron chi connectivity index (χ4n) is 9.76. The van der Waals surface area contributed by atoms with Crippen LogP contribution in [0, 0.1) is 0 Å². The predicted molar refractivity (Wildman–Crippen MR) is 292 cm³/mol. The van der Waals surface area contributed by atoms with Gasteiger partial charge in [-0.15, -0.1) is 0 Å². The summed E-state index contributed by atoms with van der Waals surface area (Å²) >= 11 is 0. The lowest BCUT2D eigenvalue weighted by atomic mass is 10.0. The molecule has 0 spiro atoms. The van der Waals surface area contributed by atoms with E-state index in [4.69, 9.17) is 17.2 Å². The smallest absolute Gasteiger partial charge is 0.245 e. The Kier molecular flexibility index (Phi) is 23.8. The van der Waals surface area contributed by atoms with Gasteiger partial charge in [0.15, 0.2) is 5.96 Å². The molecule has 78 heavy (non-hydrogen) atoms. The summed E-state index contributed by atoms with van der Waals surface area (Å²) in [4.78, 5) is 137. The van der Waals surface area contributed by atoms with Crippen molar-refractivity contribution < 1.29 is 48.3 Å². The van der Waals surface area contributed by atoms with Crippen molar-refractivity contribution in [3.05, 3.63) is 71.9 Å². The number of hydrogen-bond donors (Lipinski definition) is 12. The second-order valence-electron chi connectivity index (χ2n) is 20.3. The number of amides is 9. The second-order valence-corrected chi connectivity index (χ2v) is 20.3. The van der Waals surface area contributed by atoms with E-state index in [0.717, 1.165) is 15.8 Å². The van der Waals surface area contributed by atoms with Gasteiger partial charge in [0, 0.05) is 62.4 Å². The van der Waals surface area contributed by atoms with Gasteiger partial charge in [0.05, 0.1) is 12.1 Å². The summed E-state index contributed by atoms with van der Waals surface area (Å²) in [5, 5.41) is 31.3. The van der Waals surface area contributed by atoms with Crippen LogP contribution in [0.5, 0.6) is 0 Å². The third kappa shape index (κ3) is 18.3. The van der Waals surface area contributed by atoms with Crippen LogP contribution in [0.25, 0.3) is 10.9 Å². The van der Waals surface area contributed by atoms with Crippen LogP contribution in [0.2, 0.25) is 0 Å². The minimum atomic E-state index is -1.42. The van der Waals surface area contributed by atoms with Gasteiger partial charge >= 0.3 is 0 Å². The molecule has 5 rings (SSSR count). The molecule has 0 aliphatic carbocycles. The molecular formula is C54H80N14O10. The number of fused-ring (bicyclic) bond motifs is 2. The van der Waals surface area contributed by atoms with Gasteiger partial charge < -0.3 is 69.4 Å². The molecule has 2 aliphatic rings. The number of nitrogens with zero attached hydrogens (tertiary/aromatic N) is 3. The number of rotatable bonds is 18. The first-order chi connectivity index (χ1) is 37.3. The fourth-order valence-corrected chi connectivity index (χ4v) is 9.76. The van der Waals surface area contributed by atoms with Crippen LogP contribution in [0.1, 0.15) is 102 Å². The Morgan fingerprint density at radius 3 is 2.17 bits per heavy atom. The Bertz CT molecular complexity index is 2570. The quantitative estimate of drug-likeness (QED) is 0.0413. The average molecular weight is 1090 g/mol. The highest BCUT2D eigenvalue weighted by atomic mass is 16.3. The van der Waals surface area contributed by atoms with Gasteiger partial charge in [-0.2, -0.15) is 0 Å². The van der Waals surface area contributed by atoms with Gasteiger partial charge in [-0.05, 0) is 82.7 Å². The number of para-hydroxylation sites is 1. The number of aliphatic imine (C=N–C) groups is 1. The normalized spacial score (nSPS) is 23.3. The monoisotopic (exact) mass is 1080 g/mol. The summed E-state index contributed by atoms with van der Waals surface area (Å²) in [6.45, 7) is 3.62. The lowest BCUT2D eigenvalue weighted by Gasteiger charge is -2.31. The molecule has 24 heteroatoms. The summed E-state index contributed by atoms with van der Waals surface area (Å²) in [6.07, 6.45) is 2.34. The zero-order valence-electron chi connectivity index (χ0n) is 45.2. The zero-order chi connectivity index (χ0) is 56.9. The summed E-state index contributed by atoms with van der Waals surface area (Å²) in [5.41, 5.74) is 19.1. The van der Waals surface area contributed by atoms with Crippen LogP contribution in [0.3, 0.4) is 0 Å². The lowest BCUT2D eigenvalue weighted by molar-refractivity contribution is -0.143. The van der Waals surface area contributed by atoms with Gasteiger partial charge in [-0.1, -0.05) is 75.2 Å². The SMILES string of the molecule is CCCC[C@H](NC(=O)[C@H](CC)N(C)C)C(=O)N[C@H]1CCC(=O)NCCCC[C@@H](C(N)=O)NC(=O)[C@H](Cc2c[nH]c3ccccc23)NC(=O)[C@H](CCCN=C(N)N)NC(=O)[C@@H](Cc2ccccc2)NC(=O)[C@@H]2C[C@@H](O)CN2C1=O. The van der Waals surface area contributed by atoms with Crippen molar-refractivity contribution in [2.45, 2.75) is 158 Å². The topological polar surface area (TPSA) is 371 Å². The number of aromatic amines is 1. The number of nitrogens with two attached hydrogens (primary N) is 3. The molecule has 0 bridgehead atoms. The Hall–Kier alpha value is -7.60. The molecule has 2 aliphatic heterocycles. The zero-order valence-corrected chi connectivity index (χ0v) is 45.2. The number of H-pyrrole nitrogens is 1. The van der Waals surface area contributed by atoms with E-state index >= 15 is 0 Å². The number of unbranched alkanes of at least 4 members (excludes halogenated alkanes) is 1. The van der Waals surface area contributed by atoms with E-state index in [-0.39, 0.29) is 89.3 Å². The maximum atomic E-state index is 14.8. The Morgan fingerprint density at radius 1 is 0.808 bits per heavy atom. The molecule has 3 aromatic rings. The molecule has 24 nitrogen and oxygen atoms in total. The van der Waals surface area contributed by atoms with Crippen molar-refractivity contribution in [1.82, 2.24) is 52.0 Å². The van der Waals surface area contributed by atoms with Crippen LogP contribution < -0.4 is 54.4 Å². The first-order valence-electron chi connectivity index (χ1n) is 27.0. The van der Waals surface area contributed by atoms with Crippen LogP contribution >= 0.6 is 0 Å². The summed E-state index contributed by atoms with van der Waals surface area (Å²) in [5.74, 6) is -6.56. The van der Waals surface area contributed by atoms with Crippen molar-refractivity contribution in [1.29, 1.82) is 0 Å². The van der Waals surface area contributed by atoms with Crippen molar-refractivity contribution >= 4 is 70.0 Å². The van der Waals surface area contributed by atoms with Crippen LogP contribution in [-0.2, 0) is 56.0 Å². The molecule has 0 radical (unpaired) electrons. The minimum Gasteiger partial charge on any atom is -0.391 e. The van der Waals surface area contributed by atoms with Crippen LogP contribution in [0.15, 0.2) is 65.8 Å². The van der Waals surface area contributed by atoms with E-state index < -0.39 is 102 Å². The molecule has 15 N–H and O–H groups in total. The molecule has 9 amide bonds. The molecule has 2 saturated heterocycles. The maximum absolute atomic E-state index is 14.8. The van der Waals surface area contributed by atoms with Gasteiger partial charge in [0.25, 0.3) is 0 Å². The number of aromatic nitrogens is 1. The number of aliphatic hydroxyl groups excluding tert-OH is 1. The molecule has 3 heterocycles. The Balaban J connectivity index is 1.52. The number of guanidine groups is 1. The third-order valence-electron chi connectivity index (χ3n) is 14.1. The molecule has 2 fully saturated rings. The predicted octanol–water partition coefficient (Wildman–Crippen LogP) is -1.03. The number of primary amides is 1. The molecule has 1 aromatic heterocycles. The minimum absolute atomic E-state index is 0.0513. The van der Waals surface area contributed by atoms with Crippen molar-refractivity contribution in [3.63, 3.8) is 0 Å². The first-order valence-corrected chi connectivity index (χ1v) is 27.0. The average Bonchev–Trinajstić information content (AvgIpc) is 4.02. The maximum Gasteiger partial charge on any atom is 0.245 e. The highest BCUT2D eigenvalue weighted by molar-refractivity contribution is 5.98. The van der Waals surface area contributed by atoms with Crippen molar-refractivity contribution in [2.75, 3.05) is 33.7 Å². The Labute approximate surface area is 454 Å². The van der Waals surface area contributed by atoms with Crippen LogP contribution in [0.4, 0.5) is 0 Å². The Morgan fingerprint density at radius 2 is 1.47 bits per heavy atom. The molecule has 0 saturated carbocycles. The molecule has 0 unspecified atom stereocenters. The fraction of sp³-hybridized carbons (Fsp3) is 0.556. The van der Waals surface area contributed by atoms with E-state index in [0.29, 0.717) is 43.2 Å². The van der Waals surface area contributed by atoms with Gasteiger partial charge in [-0.25, -0.2) is 0 Å². The summed E-state index contributed by atoms with van der Waals surface area (Å²) in [6, 6.07) is 6.39. The van der Waals surface area contributed by atoms with Crippen molar-refractivity contribution in [2.24, 2.45) is 22.2 Å².